The first-order chi connectivity index (χ1) is 19.9. The number of ether oxygens (including phenoxy) is 4. The van der Waals surface area contributed by atoms with Gasteiger partial charge in [0.2, 0.25) is 5.13 Å². The van der Waals surface area contributed by atoms with Crippen LogP contribution in [0.1, 0.15) is 27.7 Å². The van der Waals surface area contributed by atoms with E-state index in [0.29, 0.717) is 59.0 Å². The molecular weight excluding hydrogens is 546 g/mol. The lowest BCUT2D eigenvalue weighted by Crippen LogP contribution is -2.29. The topological polar surface area (TPSA) is 120 Å². The zero-order valence-electron chi connectivity index (χ0n) is 22.2. The lowest BCUT2D eigenvalue weighted by Gasteiger charge is -2.24. The molecule has 4 aromatic rings. The van der Waals surface area contributed by atoms with Gasteiger partial charge in [0.05, 0.1) is 18.7 Å². The van der Waals surface area contributed by atoms with Gasteiger partial charge in [-0.2, -0.15) is 0 Å². The molecule has 1 aromatic heterocycles. The van der Waals surface area contributed by atoms with Crippen molar-refractivity contribution in [1.29, 1.82) is 0 Å². The van der Waals surface area contributed by atoms with Gasteiger partial charge in [0.25, 0.3) is 5.78 Å². The molecule has 1 amide bonds. The first-order valence-corrected chi connectivity index (χ1v) is 13.6. The van der Waals surface area contributed by atoms with Crippen LogP contribution in [-0.2, 0) is 16.2 Å². The summed E-state index contributed by atoms with van der Waals surface area (Å²) in [6, 6.07) is 18.7. The molecule has 2 aliphatic rings. The average Bonchev–Trinajstić information content (AvgIpc) is 3.55. The summed E-state index contributed by atoms with van der Waals surface area (Å²) in [7, 11) is 1.51. The molecule has 11 heteroatoms. The standard InChI is InChI=1S/C30H25N3O7S/c1-17-31-32-30(41-17)33-26(19-8-10-21(23(14-19)37-2)40-16-18-6-4-3-5-7-18)25(28(35)29(33)36)27(34)20-9-11-22-24(15-20)39-13-12-38-22/h3-11,14-15,26,34H,12-13,16H2,1-2H3/b27-25+. The molecule has 10 nitrogen and oxygen atoms in total. The van der Waals surface area contributed by atoms with Gasteiger partial charge in [0.1, 0.15) is 30.6 Å². The smallest absolute Gasteiger partial charge is 0.301 e. The third-order valence-electron chi connectivity index (χ3n) is 6.72. The quantitative estimate of drug-likeness (QED) is 0.189. The summed E-state index contributed by atoms with van der Waals surface area (Å²) in [5.41, 5.74) is 1.71. The Balaban J connectivity index is 1.44. The molecule has 2 aliphatic heterocycles. The maximum atomic E-state index is 13.5. The van der Waals surface area contributed by atoms with Crippen molar-refractivity contribution in [1.82, 2.24) is 10.2 Å². The molecule has 0 saturated carbocycles. The fourth-order valence-corrected chi connectivity index (χ4v) is 5.50. The summed E-state index contributed by atoms with van der Waals surface area (Å²) >= 11 is 1.17. The Hall–Kier alpha value is -4.90. The molecule has 41 heavy (non-hydrogen) atoms. The van der Waals surface area contributed by atoms with E-state index in [1.165, 1.54) is 23.3 Å². The van der Waals surface area contributed by atoms with Crippen LogP contribution in [0, 0.1) is 6.92 Å². The number of carbonyl (C=O) groups is 2. The molecule has 1 saturated heterocycles. The Morgan fingerprint density at radius 2 is 1.78 bits per heavy atom. The fourth-order valence-electron chi connectivity index (χ4n) is 4.78. The van der Waals surface area contributed by atoms with Gasteiger partial charge >= 0.3 is 5.91 Å². The molecule has 0 spiro atoms. The van der Waals surface area contributed by atoms with Crippen LogP contribution in [0.2, 0.25) is 0 Å². The first-order valence-electron chi connectivity index (χ1n) is 12.8. The van der Waals surface area contributed by atoms with Gasteiger partial charge in [-0.05, 0) is 48.4 Å². The number of methoxy groups -OCH3 is 1. The Kier molecular flexibility index (Phi) is 7.02. The van der Waals surface area contributed by atoms with Crippen molar-refractivity contribution >= 4 is 33.9 Å². The van der Waals surface area contributed by atoms with Crippen LogP contribution >= 0.6 is 11.3 Å². The summed E-state index contributed by atoms with van der Waals surface area (Å²) < 4.78 is 22.9. The van der Waals surface area contributed by atoms with E-state index in [1.54, 1.807) is 43.3 Å². The number of amides is 1. The molecule has 3 aromatic carbocycles. The van der Waals surface area contributed by atoms with Gasteiger partial charge < -0.3 is 24.1 Å². The minimum atomic E-state index is -1.01. The van der Waals surface area contributed by atoms with Crippen LogP contribution in [-0.4, -0.2) is 47.3 Å². The number of carbonyl (C=O) groups excluding carboxylic acids is 2. The zero-order valence-corrected chi connectivity index (χ0v) is 23.0. The molecule has 1 N–H and O–H groups in total. The number of nitrogens with zero attached hydrogens (tertiary/aromatic N) is 3. The Morgan fingerprint density at radius 3 is 2.51 bits per heavy atom. The van der Waals surface area contributed by atoms with Crippen molar-refractivity contribution in [3.63, 3.8) is 0 Å². The molecular formula is C30H25N3O7S. The summed E-state index contributed by atoms with van der Waals surface area (Å²) in [4.78, 5) is 28.2. The van der Waals surface area contributed by atoms with Crippen molar-refractivity contribution in [2.24, 2.45) is 0 Å². The van der Waals surface area contributed by atoms with E-state index in [4.69, 9.17) is 18.9 Å². The van der Waals surface area contributed by atoms with E-state index in [2.05, 4.69) is 10.2 Å². The molecule has 1 fully saturated rings. The highest BCUT2D eigenvalue weighted by Crippen LogP contribution is 2.45. The van der Waals surface area contributed by atoms with E-state index in [9.17, 15) is 14.7 Å². The third kappa shape index (κ3) is 4.95. The number of aliphatic hydroxyl groups excluding tert-OH is 1. The molecule has 208 valence electrons. The Bertz CT molecular complexity index is 1670. The number of aromatic nitrogens is 2. The van der Waals surface area contributed by atoms with Crippen molar-refractivity contribution < 1.29 is 33.6 Å². The number of rotatable bonds is 7. The monoisotopic (exact) mass is 571 g/mol. The third-order valence-corrected chi connectivity index (χ3v) is 7.56. The van der Waals surface area contributed by atoms with Crippen LogP contribution in [0.3, 0.4) is 0 Å². The number of fused-ring (bicyclic) bond motifs is 1. The normalized spacial score (nSPS) is 17.5. The van der Waals surface area contributed by atoms with Gasteiger partial charge in [-0.3, -0.25) is 14.5 Å². The highest BCUT2D eigenvalue weighted by atomic mass is 32.1. The van der Waals surface area contributed by atoms with E-state index in [-0.39, 0.29) is 16.5 Å². The summed E-state index contributed by atoms with van der Waals surface area (Å²) in [6.45, 7) is 2.85. The van der Waals surface area contributed by atoms with Gasteiger partial charge in [-0.1, -0.05) is 47.7 Å². The van der Waals surface area contributed by atoms with Crippen LogP contribution in [0.15, 0.2) is 72.3 Å². The number of ketones is 1. The molecule has 0 aliphatic carbocycles. The molecule has 1 atom stereocenters. The predicted octanol–water partition coefficient (Wildman–Crippen LogP) is 4.83. The number of hydrogen-bond donors (Lipinski definition) is 1. The zero-order chi connectivity index (χ0) is 28.5. The second-order valence-corrected chi connectivity index (χ2v) is 10.5. The molecule has 1 unspecified atom stereocenters. The number of aryl methyl sites for hydroxylation is 1. The van der Waals surface area contributed by atoms with E-state index < -0.39 is 17.7 Å². The molecule has 6 rings (SSSR count). The fraction of sp³-hybridized carbons (Fsp3) is 0.200. The molecule has 0 radical (unpaired) electrons. The highest BCUT2D eigenvalue weighted by Gasteiger charge is 2.48. The average molecular weight is 572 g/mol. The van der Waals surface area contributed by atoms with E-state index in [1.807, 2.05) is 30.3 Å². The lowest BCUT2D eigenvalue weighted by molar-refractivity contribution is -0.132. The molecule has 3 heterocycles. The summed E-state index contributed by atoms with van der Waals surface area (Å²) in [6.07, 6.45) is 0. The van der Waals surface area contributed by atoms with Crippen molar-refractivity contribution in [2.75, 3.05) is 25.2 Å². The Morgan fingerprint density at radius 1 is 1.00 bits per heavy atom. The number of aliphatic hydroxyl groups is 1. The minimum absolute atomic E-state index is 0.0977. The van der Waals surface area contributed by atoms with Crippen molar-refractivity contribution in [2.45, 2.75) is 19.6 Å². The maximum absolute atomic E-state index is 13.5. The highest BCUT2D eigenvalue weighted by molar-refractivity contribution is 7.15. The Labute approximate surface area is 239 Å². The largest absolute Gasteiger partial charge is 0.507 e. The van der Waals surface area contributed by atoms with Crippen LogP contribution in [0.25, 0.3) is 5.76 Å². The second kappa shape index (κ2) is 10.9. The number of anilines is 1. The maximum Gasteiger partial charge on any atom is 0.301 e. The number of Topliss-reactive ketones (excluding diaryl/α,β-unsaturated/α-hetero) is 1. The summed E-state index contributed by atoms with van der Waals surface area (Å²) in [5, 5.41) is 20.5. The van der Waals surface area contributed by atoms with Gasteiger partial charge in [0, 0.05) is 5.56 Å². The SMILES string of the molecule is COc1cc(C2/C(=C(\O)c3ccc4c(c3)OCCO4)C(=O)C(=O)N2c2nnc(C)s2)ccc1OCc1ccccc1. The van der Waals surface area contributed by atoms with Crippen LogP contribution < -0.4 is 23.8 Å². The number of hydrogen-bond acceptors (Lipinski definition) is 10. The lowest BCUT2D eigenvalue weighted by atomic mass is 9.95. The van der Waals surface area contributed by atoms with Crippen LogP contribution in [0.5, 0.6) is 23.0 Å². The second-order valence-electron chi connectivity index (χ2n) is 9.32. The molecule has 0 bridgehead atoms. The minimum Gasteiger partial charge on any atom is -0.507 e. The van der Waals surface area contributed by atoms with Crippen molar-refractivity contribution in [3.8, 4) is 23.0 Å². The van der Waals surface area contributed by atoms with Gasteiger partial charge in [-0.25, -0.2) is 0 Å². The van der Waals surface area contributed by atoms with Gasteiger partial charge in [-0.15, -0.1) is 10.2 Å². The van der Waals surface area contributed by atoms with Crippen molar-refractivity contribution in [3.05, 3.63) is 94.0 Å². The summed E-state index contributed by atoms with van der Waals surface area (Å²) in [5.74, 6) is -0.172. The van der Waals surface area contributed by atoms with E-state index in [0.717, 1.165) is 5.56 Å². The number of benzene rings is 3. The van der Waals surface area contributed by atoms with Crippen LogP contribution in [0.4, 0.5) is 5.13 Å². The van der Waals surface area contributed by atoms with Gasteiger partial charge in [0.15, 0.2) is 23.0 Å². The predicted molar refractivity (Wildman–Crippen MR) is 151 cm³/mol. The first kappa shape index (κ1) is 26.3. The van der Waals surface area contributed by atoms with E-state index >= 15 is 0 Å².